The predicted octanol–water partition coefficient (Wildman–Crippen LogP) is 4.03. The third-order valence-corrected chi connectivity index (χ3v) is 3.75. The molecule has 1 aromatic heterocycles. The van der Waals surface area contributed by atoms with Gasteiger partial charge in [-0.05, 0) is 29.7 Å². The molecule has 0 unspecified atom stereocenters. The lowest BCUT2D eigenvalue weighted by Gasteiger charge is -2.09. The molecule has 0 atom stereocenters. The molecular formula is C20H16N2O2. The zero-order chi connectivity index (χ0) is 16.9. The van der Waals surface area contributed by atoms with Crippen LogP contribution < -0.4 is 0 Å². The van der Waals surface area contributed by atoms with Crippen molar-refractivity contribution >= 4 is 22.4 Å². The van der Waals surface area contributed by atoms with Crippen LogP contribution in [0.2, 0.25) is 0 Å². The number of carbonyl (C=O) groups is 1. The van der Waals surface area contributed by atoms with Crippen molar-refractivity contribution in [2.75, 3.05) is 6.61 Å². The highest BCUT2D eigenvalue weighted by Gasteiger charge is 2.11. The Labute approximate surface area is 140 Å². The first-order valence-corrected chi connectivity index (χ1v) is 7.68. The highest BCUT2D eigenvalue weighted by atomic mass is 16.5. The van der Waals surface area contributed by atoms with E-state index in [4.69, 9.17) is 10.00 Å². The van der Waals surface area contributed by atoms with Crippen LogP contribution in [0.4, 0.5) is 0 Å². The number of nitrogens with one attached hydrogen (secondary N) is 1. The van der Waals surface area contributed by atoms with E-state index >= 15 is 0 Å². The van der Waals surface area contributed by atoms with Gasteiger partial charge in [-0.25, -0.2) is 4.79 Å². The Balaban J connectivity index is 2.12. The number of nitrogens with zero attached hydrogens (tertiary/aromatic N) is 1. The molecule has 0 aliphatic heterocycles. The van der Waals surface area contributed by atoms with E-state index in [1.165, 1.54) is 6.08 Å². The van der Waals surface area contributed by atoms with Crippen molar-refractivity contribution in [1.29, 1.82) is 5.26 Å². The van der Waals surface area contributed by atoms with Crippen LogP contribution in [0.15, 0.2) is 60.8 Å². The van der Waals surface area contributed by atoms with Gasteiger partial charge in [0.1, 0.15) is 6.07 Å². The minimum absolute atomic E-state index is 0.332. The normalized spacial score (nSPS) is 11.2. The van der Waals surface area contributed by atoms with Gasteiger partial charge in [-0.1, -0.05) is 42.5 Å². The Hall–Kier alpha value is -3.32. The number of aromatic amines is 1. The van der Waals surface area contributed by atoms with Gasteiger partial charge in [0.2, 0.25) is 0 Å². The molecule has 118 valence electrons. The van der Waals surface area contributed by atoms with Gasteiger partial charge in [-0.15, -0.1) is 0 Å². The molecule has 0 amide bonds. The molecule has 0 aliphatic carbocycles. The van der Waals surface area contributed by atoms with E-state index in [9.17, 15) is 4.79 Å². The summed E-state index contributed by atoms with van der Waals surface area (Å²) < 4.78 is 5.06. The molecule has 3 rings (SSSR count). The van der Waals surface area contributed by atoms with Crippen molar-refractivity contribution in [3.05, 3.63) is 77.5 Å². The van der Waals surface area contributed by atoms with Gasteiger partial charge in [-0.2, -0.15) is 5.26 Å². The summed E-state index contributed by atoms with van der Waals surface area (Å²) in [5.74, 6) is -0.374. The van der Waals surface area contributed by atoms with Crippen LogP contribution in [0, 0.1) is 11.3 Å². The Bertz CT molecular complexity index is 947. The molecule has 0 fully saturated rings. The third kappa shape index (κ3) is 3.06. The molecule has 0 aliphatic rings. The number of H-pyrrole nitrogens is 1. The molecular weight excluding hydrogens is 300 g/mol. The van der Waals surface area contributed by atoms with Crippen molar-refractivity contribution in [2.24, 2.45) is 0 Å². The van der Waals surface area contributed by atoms with Crippen molar-refractivity contribution in [1.82, 2.24) is 4.98 Å². The largest absolute Gasteiger partial charge is 0.463 e. The standard InChI is InChI=1S/C20H16N2O2/c1-2-24-20(23)11-18(14-6-4-3-5-7-14)15-8-9-17-16(12-21)13-22-19(17)10-15/h3-11,13,22H,2H2,1H3. The Morgan fingerprint density at radius 3 is 2.71 bits per heavy atom. The van der Waals surface area contributed by atoms with Crippen LogP contribution in [0.3, 0.4) is 0 Å². The number of aromatic nitrogens is 1. The monoisotopic (exact) mass is 316 g/mol. The number of carbonyl (C=O) groups excluding carboxylic acids is 1. The number of esters is 1. The van der Waals surface area contributed by atoms with E-state index in [0.717, 1.165) is 27.6 Å². The van der Waals surface area contributed by atoms with E-state index in [1.807, 2.05) is 48.5 Å². The lowest BCUT2D eigenvalue weighted by molar-refractivity contribution is -0.137. The van der Waals surface area contributed by atoms with Crippen molar-refractivity contribution in [2.45, 2.75) is 6.92 Å². The van der Waals surface area contributed by atoms with E-state index in [1.54, 1.807) is 13.1 Å². The zero-order valence-electron chi connectivity index (χ0n) is 13.2. The molecule has 24 heavy (non-hydrogen) atoms. The number of hydrogen-bond acceptors (Lipinski definition) is 3. The summed E-state index contributed by atoms with van der Waals surface area (Å²) in [6.07, 6.45) is 3.19. The molecule has 1 N–H and O–H groups in total. The van der Waals surface area contributed by atoms with Crippen LogP contribution in [0.1, 0.15) is 23.6 Å². The highest BCUT2D eigenvalue weighted by Crippen LogP contribution is 2.27. The maximum absolute atomic E-state index is 12.0. The first kappa shape index (κ1) is 15.6. The minimum atomic E-state index is -0.374. The van der Waals surface area contributed by atoms with E-state index < -0.39 is 0 Å². The molecule has 0 spiro atoms. The van der Waals surface area contributed by atoms with Gasteiger partial charge < -0.3 is 9.72 Å². The number of benzene rings is 2. The summed E-state index contributed by atoms with van der Waals surface area (Å²) in [6, 6.07) is 17.6. The lowest BCUT2D eigenvalue weighted by Crippen LogP contribution is -2.01. The summed E-state index contributed by atoms with van der Waals surface area (Å²) in [4.78, 5) is 15.1. The van der Waals surface area contributed by atoms with E-state index in [-0.39, 0.29) is 5.97 Å². The van der Waals surface area contributed by atoms with Gasteiger partial charge in [0.05, 0.1) is 12.2 Å². The Morgan fingerprint density at radius 2 is 2.00 bits per heavy atom. The number of hydrogen-bond donors (Lipinski definition) is 1. The second-order valence-corrected chi connectivity index (χ2v) is 5.25. The molecule has 3 aromatic rings. The first-order valence-electron chi connectivity index (χ1n) is 7.68. The fourth-order valence-electron chi connectivity index (χ4n) is 2.64. The van der Waals surface area contributed by atoms with E-state index in [2.05, 4.69) is 11.1 Å². The van der Waals surface area contributed by atoms with Crippen molar-refractivity contribution in [3.8, 4) is 6.07 Å². The summed E-state index contributed by atoms with van der Waals surface area (Å²) >= 11 is 0. The van der Waals surface area contributed by atoms with Crippen molar-refractivity contribution in [3.63, 3.8) is 0 Å². The summed E-state index contributed by atoms with van der Waals surface area (Å²) in [6.45, 7) is 2.11. The number of nitriles is 1. The average molecular weight is 316 g/mol. The number of fused-ring (bicyclic) bond motifs is 1. The van der Waals surface area contributed by atoms with Crippen LogP contribution >= 0.6 is 0 Å². The van der Waals surface area contributed by atoms with Crippen LogP contribution in [0.5, 0.6) is 0 Å². The summed E-state index contributed by atoms with van der Waals surface area (Å²) in [5.41, 5.74) is 4.05. The van der Waals surface area contributed by atoms with Gasteiger partial charge >= 0.3 is 5.97 Å². The summed E-state index contributed by atoms with van der Waals surface area (Å²) in [7, 11) is 0. The van der Waals surface area contributed by atoms with Gasteiger partial charge in [0, 0.05) is 23.2 Å². The lowest BCUT2D eigenvalue weighted by atomic mass is 9.96. The van der Waals surface area contributed by atoms with Crippen molar-refractivity contribution < 1.29 is 9.53 Å². The maximum atomic E-state index is 12.0. The smallest absolute Gasteiger partial charge is 0.331 e. The molecule has 2 aromatic carbocycles. The molecule has 0 bridgehead atoms. The quantitative estimate of drug-likeness (QED) is 0.583. The third-order valence-electron chi connectivity index (χ3n) is 3.75. The predicted molar refractivity (Wildman–Crippen MR) is 93.2 cm³/mol. The fraction of sp³-hybridized carbons (Fsp3) is 0.100. The van der Waals surface area contributed by atoms with Gasteiger partial charge in [0.25, 0.3) is 0 Å². The van der Waals surface area contributed by atoms with Gasteiger partial charge in [0.15, 0.2) is 0 Å². The van der Waals surface area contributed by atoms with Gasteiger partial charge in [-0.3, -0.25) is 0 Å². The van der Waals surface area contributed by atoms with Crippen LogP contribution in [0.25, 0.3) is 16.5 Å². The van der Waals surface area contributed by atoms with Crippen LogP contribution in [-0.2, 0) is 9.53 Å². The zero-order valence-corrected chi connectivity index (χ0v) is 13.2. The molecule has 0 saturated heterocycles. The highest BCUT2D eigenvalue weighted by molar-refractivity contribution is 5.98. The maximum Gasteiger partial charge on any atom is 0.331 e. The number of ether oxygens (including phenoxy) is 1. The van der Waals surface area contributed by atoms with Crippen LogP contribution in [-0.4, -0.2) is 17.6 Å². The topological polar surface area (TPSA) is 65.9 Å². The second kappa shape index (κ2) is 6.84. The molecule has 4 heteroatoms. The number of rotatable bonds is 4. The fourth-order valence-corrected chi connectivity index (χ4v) is 2.64. The average Bonchev–Trinajstić information content (AvgIpc) is 3.03. The van der Waals surface area contributed by atoms with E-state index in [0.29, 0.717) is 12.2 Å². The molecule has 0 saturated carbocycles. The molecule has 1 heterocycles. The Morgan fingerprint density at radius 1 is 1.21 bits per heavy atom. The summed E-state index contributed by atoms with van der Waals surface area (Å²) in [5, 5.41) is 9.98. The molecule has 4 nitrogen and oxygen atoms in total. The Kier molecular flexibility index (Phi) is 4.44. The SMILES string of the molecule is CCOC(=O)C=C(c1ccccc1)c1ccc2c(C#N)c[nH]c2c1. The first-order chi connectivity index (χ1) is 11.7. The second-order valence-electron chi connectivity index (χ2n) is 5.25. The molecule has 0 radical (unpaired) electrons. The minimum Gasteiger partial charge on any atom is -0.463 e.